The maximum absolute atomic E-state index is 9.12. The molecule has 1 aromatic rings. The van der Waals surface area contributed by atoms with E-state index in [1.165, 1.54) is 0 Å². The molecule has 4 nitrogen and oxygen atoms in total. The molecule has 2 N–H and O–H groups in total. The van der Waals surface area contributed by atoms with E-state index in [2.05, 4.69) is 5.32 Å². The number of rotatable bonds is 5. The van der Waals surface area contributed by atoms with Crippen molar-refractivity contribution in [3.05, 3.63) is 22.7 Å². The molecule has 1 aromatic carbocycles. The summed E-state index contributed by atoms with van der Waals surface area (Å²) in [6, 6.07) is 3.90. The molecule has 0 amide bonds. The van der Waals surface area contributed by atoms with Crippen molar-refractivity contribution in [2.75, 3.05) is 19.8 Å². The summed E-state index contributed by atoms with van der Waals surface area (Å²) < 4.78 is 11.0. The molecule has 0 aliphatic carbocycles. The largest absolute Gasteiger partial charge is 0.486 e. The summed E-state index contributed by atoms with van der Waals surface area (Å²) in [6.07, 6.45) is 0.884. The molecule has 1 heterocycles. The Morgan fingerprint density at radius 1 is 1.39 bits per heavy atom. The van der Waals surface area contributed by atoms with E-state index in [4.69, 9.17) is 26.2 Å². The van der Waals surface area contributed by atoms with E-state index in [0.717, 1.165) is 12.0 Å². The molecule has 0 saturated heterocycles. The van der Waals surface area contributed by atoms with Gasteiger partial charge in [-0.3, -0.25) is 0 Å². The summed E-state index contributed by atoms with van der Waals surface area (Å²) in [7, 11) is 0. The van der Waals surface area contributed by atoms with Gasteiger partial charge in [-0.15, -0.1) is 0 Å². The summed E-state index contributed by atoms with van der Waals surface area (Å²) in [6.45, 7) is 3.90. The van der Waals surface area contributed by atoms with Crippen molar-refractivity contribution in [2.24, 2.45) is 0 Å². The van der Waals surface area contributed by atoms with Crippen LogP contribution in [0.1, 0.15) is 18.9 Å². The van der Waals surface area contributed by atoms with Gasteiger partial charge in [0.25, 0.3) is 0 Å². The molecule has 0 saturated carbocycles. The van der Waals surface area contributed by atoms with Crippen LogP contribution in [-0.4, -0.2) is 31.0 Å². The fourth-order valence-corrected chi connectivity index (χ4v) is 2.15. The van der Waals surface area contributed by atoms with Gasteiger partial charge in [-0.25, -0.2) is 0 Å². The van der Waals surface area contributed by atoms with Crippen molar-refractivity contribution in [1.82, 2.24) is 5.32 Å². The van der Waals surface area contributed by atoms with Crippen LogP contribution in [0.4, 0.5) is 0 Å². The molecule has 0 fully saturated rings. The van der Waals surface area contributed by atoms with Crippen LogP contribution >= 0.6 is 11.6 Å². The Labute approximate surface area is 112 Å². The van der Waals surface area contributed by atoms with E-state index in [-0.39, 0.29) is 12.6 Å². The van der Waals surface area contributed by atoms with Crippen molar-refractivity contribution in [2.45, 2.75) is 25.9 Å². The number of hydrogen-bond acceptors (Lipinski definition) is 4. The Balaban J connectivity index is 2.07. The Morgan fingerprint density at radius 3 is 2.89 bits per heavy atom. The first-order valence-corrected chi connectivity index (χ1v) is 6.54. The van der Waals surface area contributed by atoms with Crippen LogP contribution in [-0.2, 0) is 6.54 Å². The summed E-state index contributed by atoms with van der Waals surface area (Å²) in [4.78, 5) is 0. The molecule has 100 valence electrons. The molecule has 0 spiro atoms. The zero-order chi connectivity index (χ0) is 13.0. The third-order valence-corrected chi connectivity index (χ3v) is 3.25. The maximum atomic E-state index is 9.12. The van der Waals surface area contributed by atoms with Gasteiger partial charge in [0, 0.05) is 12.6 Å². The van der Waals surface area contributed by atoms with Crippen LogP contribution in [0.25, 0.3) is 0 Å². The molecule has 1 aliphatic rings. The predicted molar refractivity (Wildman–Crippen MR) is 70.4 cm³/mol. The Bertz CT molecular complexity index is 407. The fraction of sp³-hybridized carbons (Fsp3) is 0.538. The van der Waals surface area contributed by atoms with E-state index in [9.17, 15) is 0 Å². The van der Waals surface area contributed by atoms with Crippen LogP contribution < -0.4 is 14.8 Å². The standard InChI is InChI=1S/C13H18ClNO3/c1-2-10(8-16)15-7-9-5-11(14)13-12(6-9)17-3-4-18-13/h5-6,10,15-16H,2-4,7-8H2,1H3/t10-/m1/s1. The third kappa shape index (κ3) is 3.07. The monoisotopic (exact) mass is 271 g/mol. The molecule has 0 aromatic heterocycles. The highest BCUT2D eigenvalue weighted by Crippen LogP contribution is 2.38. The van der Waals surface area contributed by atoms with Gasteiger partial charge in [-0.1, -0.05) is 18.5 Å². The smallest absolute Gasteiger partial charge is 0.179 e. The molecular formula is C13H18ClNO3. The number of ether oxygens (including phenoxy) is 2. The van der Waals surface area contributed by atoms with E-state index >= 15 is 0 Å². The van der Waals surface area contributed by atoms with Gasteiger partial charge in [-0.2, -0.15) is 0 Å². The normalized spacial score (nSPS) is 15.5. The minimum Gasteiger partial charge on any atom is -0.486 e. The summed E-state index contributed by atoms with van der Waals surface area (Å²) >= 11 is 6.15. The second kappa shape index (κ2) is 6.27. The Hall–Kier alpha value is -0.970. The number of benzene rings is 1. The Morgan fingerprint density at radius 2 is 2.17 bits per heavy atom. The van der Waals surface area contributed by atoms with Crippen LogP contribution in [0, 0.1) is 0 Å². The average molecular weight is 272 g/mol. The molecule has 0 bridgehead atoms. The van der Waals surface area contributed by atoms with Crippen LogP contribution in [0.15, 0.2) is 12.1 Å². The number of fused-ring (bicyclic) bond motifs is 1. The minimum absolute atomic E-state index is 0.108. The highest BCUT2D eigenvalue weighted by Gasteiger charge is 2.16. The molecule has 5 heteroatoms. The molecule has 0 unspecified atom stereocenters. The second-order valence-corrected chi connectivity index (χ2v) is 4.68. The molecule has 1 aliphatic heterocycles. The van der Waals surface area contributed by atoms with E-state index in [0.29, 0.717) is 36.3 Å². The second-order valence-electron chi connectivity index (χ2n) is 4.27. The lowest BCUT2D eigenvalue weighted by molar-refractivity contribution is 0.171. The molecule has 0 radical (unpaired) electrons. The lowest BCUT2D eigenvalue weighted by Crippen LogP contribution is -2.31. The highest BCUT2D eigenvalue weighted by molar-refractivity contribution is 6.32. The summed E-state index contributed by atoms with van der Waals surface area (Å²) in [5.74, 6) is 1.32. The van der Waals surface area contributed by atoms with Gasteiger partial charge < -0.3 is 19.9 Å². The first kappa shape index (κ1) is 13.5. The number of halogens is 1. The van der Waals surface area contributed by atoms with Gasteiger partial charge in [0.15, 0.2) is 11.5 Å². The predicted octanol–water partition coefficient (Wildman–Crippen LogP) is 1.97. The maximum Gasteiger partial charge on any atom is 0.179 e. The molecule has 1 atom stereocenters. The molecule has 18 heavy (non-hydrogen) atoms. The lowest BCUT2D eigenvalue weighted by Gasteiger charge is -2.21. The van der Waals surface area contributed by atoms with Gasteiger partial charge in [0.05, 0.1) is 11.6 Å². The van der Waals surface area contributed by atoms with E-state index < -0.39 is 0 Å². The van der Waals surface area contributed by atoms with Gasteiger partial charge in [0.1, 0.15) is 13.2 Å². The van der Waals surface area contributed by atoms with Crippen molar-refractivity contribution in [1.29, 1.82) is 0 Å². The van der Waals surface area contributed by atoms with Gasteiger partial charge >= 0.3 is 0 Å². The topological polar surface area (TPSA) is 50.7 Å². The zero-order valence-electron chi connectivity index (χ0n) is 10.4. The summed E-state index contributed by atoms with van der Waals surface area (Å²) in [5.41, 5.74) is 1.02. The first-order chi connectivity index (χ1) is 8.74. The average Bonchev–Trinajstić information content (AvgIpc) is 2.40. The molecular weight excluding hydrogens is 254 g/mol. The van der Waals surface area contributed by atoms with Crippen molar-refractivity contribution in [3.8, 4) is 11.5 Å². The highest BCUT2D eigenvalue weighted by atomic mass is 35.5. The lowest BCUT2D eigenvalue weighted by atomic mass is 10.1. The van der Waals surface area contributed by atoms with Gasteiger partial charge in [0.2, 0.25) is 0 Å². The van der Waals surface area contributed by atoms with Crippen molar-refractivity contribution >= 4 is 11.6 Å². The number of nitrogens with one attached hydrogen (secondary N) is 1. The number of aliphatic hydroxyl groups is 1. The van der Waals surface area contributed by atoms with Crippen LogP contribution in [0.5, 0.6) is 11.5 Å². The SMILES string of the molecule is CC[C@H](CO)NCc1cc(Cl)c2c(c1)OCCO2. The third-order valence-electron chi connectivity index (χ3n) is 2.96. The summed E-state index contributed by atoms with van der Waals surface area (Å²) in [5, 5.41) is 13.0. The van der Waals surface area contributed by atoms with Crippen LogP contribution in [0.2, 0.25) is 5.02 Å². The van der Waals surface area contributed by atoms with Crippen molar-refractivity contribution in [3.63, 3.8) is 0 Å². The van der Waals surface area contributed by atoms with Crippen molar-refractivity contribution < 1.29 is 14.6 Å². The first-order valence-electron chi connectivity index (χ1n) is 6.16. The fourth-order valence-electron chi connectivity index (χ4n) is 1.87. The minimum atomic E-state index is 0.108. The van der Waals surface area contributed by atoms with E-state index in [1.54, 1.807) is 0 Å². The zero-order valence-corrected chi connectivity index (χ0v) is 11.2. The Kier molecular flexibility index (Phi) is 4.69. The van der Waals surface area contributed by atoms with Gasteiger partial charge in [-0.05, 0) is 24.1 Å². The quantitative estimate of drug-likeness (QED) is 0.860. The van der Waals surface area contributed by atoms with E-state index in [1.807, 2.05) is 19.1 Å². The number of aliphatic hydroxyl groups excluding tert-OH is 1. The number of hydrogen-bond donors (Lipinski definition) is 2. The molecule has 2 rings (SSSR count). The van der Waals surface area contributed by atoms with Crippen LogP contribution in [0.3, 0.4) is 0 Å².